The number of hydrogen-bond acceptors (Lipinski definition) is 3. The standard InChI is InChI=1S/C13H18N2OS/c1-15(13(16)9-7-10(14)8-9)11-3-5-12(17-2)6-4-11/h3-6,9-10H,7-8,14H2,1-2H3. The van der Waals surface area contributed by atoms with Crippen LogP contribution < -0.4 is 10.6 Å². The molecular formula is C13H18N2OS. The van der Waals surface area contributed by atoms with Gasteiger partial charge in [0.1, 0.15) is 0 Å². The largest absolute Gasteiger partial charge is 0.328 e. The SMILES string of the molecule is CSc1ccc(N(C)C(=O)C2CC(N)C2)cc1. The Bertz CT molecular complexity index is 398. The lowest BCUT2D eigenvalue weighted by Crippen LogP contribution is -2.45. The molecule has 0 saturated heterocycles. The number of amides is 1. The lowest BCUT2D eigenvalue weighted by Gasteiger charge is -2.34. The molecule has 0 radical (unpaired) electrons. The van der Waals surface area contributed by atoms with Gasteiger partial charge < -0.3 is 10.6 Å². The number of benzene rings is 1. The Morgan fingerprint density at radius 2 is 1.94 bits per heavy atom. The monoisotopic (exact) mass is 250 g/mol. The third kappa shape index (κ3) is 2.64. The Kier molecular flexibility index (Phi) is 3.74. The molecule has 0 unspecified atom stereocenters. The highest BCUT2D eigenvalue weighted by Gasteiger charge is 2.34. The fourth-order valence-corrected chi connectivity index (χ4v) is 2.48. The van der Waals surface area contributed by atoms with Gasteiger partial charge in [0, 0.05) is 29.6 Å². The summed E-state index contributed by atoms with van der Waals surface area (Å²) in [6.45, 7) is 0. The minimum Gasteiger partial charge on any atom is -0.328 e. The van der Waals surface area contributed by atoms with Crippen LogP contribution in [0, 0.1) is 5.92 Å². The number of nitrogens with zero attached hydrogens (tertiary/aromatic N) is 1. The van der Waals surface area contributed by atoms with Gasteiger partial charge in [0.25, 0.3) is 0 Å². The Morgan fingerprint density at radius 3 is 2.41 bits per heavy atom. The maximum Gasteiger partial charge on any atom is 0.229 e. The van der Waals surface area contributed by atoms with Crippen LogP contribution >= 0.6 is 11.8 Å². The van der Waals surface area contributed by atoms with E-state index in [0.29, 0.717) is 0 Å². The van der Waals surface area contributed by atoms with E-state index in [0.717, 1.165) is 18.5 Å². The molecule has 1 amide bonds. The number of anilines is 1. The molecule has 1 aromatic carbocycles. The molecule has 2 rings (SSSR count). The summed E-state index contributed by atoms with van der Waals surface area (Å²) in [4.78, 5) is 15.0. The molecular weight excluding hydrogens is 232 g/mol. The molecule has 1 saturated carbocycles. The summed E-state index contributed by atoms with van der Waals surface area (Å²) >= 11 is 1.70. The molecule has 0 spiro atoms. The lowest BCUT2D eigenvalue weighted by molar-refractivity contribution is -0.124. The van der Waals surface area contributed by atoms with Crippen LogP contribution in [0.1, 0.15) is 12.8 Å². The van der Waals surface area contributed by atoms with E-state index >= 15 is 0 Å². The minimum atomic E-state index is 0.121. The van der Waals surface area contributed by atoms with Gasteiger partial charge in [0.2, 0.25) is 5.91 Å². The molecule has 0 aromatic heterocycles. The van der Waals surface area contributed by atoms with E-state index in [1.165, 1.54) is 4.90 Å². The fourth-order valence-electron chi connectivity index (χ4n) is 2.07. The third-order valence-electron chi connectivity index (χ3n) is 3.31. The first-order valence-corrected chi connectivity index (χ1v) is 7.01. The second kappa shape index (κ2) is 5.10. The minimum absolute atomic E-state index is 0.121. The van der Waals surface area contributed by atoms with Crippen LogP contribution in [0.3, 0.4) is 0 Å². The van der Waals surface area contributed by atoms with E-state index in [1.54, 1.807) is 16.7 Å². The molecule has 4 heteroatoms. The number of carbonyl (C=O) groups is 1. The van der Waals surface area contributed by atoms with E-state index in [-0.39, 0.29) is 17.9 Å². The van der Waals surface area contributed by atoms with Crippen molar-refractivity contribution in [3.63, 3.8) is 0 Å². The van der Waals surface area contributed by atoms with Crippen molar-refractivity contribution in [2.45, 2.75) is 23.8 Å². The fraction of sp³-hybridized carbons (Fsp3) is 0.462. The molecule has 2 N–H and O–H groups in total. The van der Waals surface area contributed by atoms with Crippen LogP contribution in [0.2, 0.25) is 0 Å². The first-order valence-electron chi connectivity index (χ1n) is 5.79. The van der Waals surface area contributed by atoms with E-state index in [4.69, 9.17) is 5.73 Å². The topological polar surface area (TPSA) is 46.3 Å². The molecule has 3 nitrogen and oxygen atoms in total. The van der Waals surface area contributed by atoms with Crippen LogP contribution in [0.25, 0.3) is 0 Å². The predicted octanol–water partition coefficient (Wildman–Crippen LogP) is 2.11. The van der Waals surface area contributed by atoms with Crippen LogP contribution in [0.15, 0.2) is 29.2 Å². The number of rotatable bonds is 3. The van der Waals surface area contributed by atoms with E-state index < -0.39 is 0 Å². The van der Waals surface area contributed by atoms with Crippen LogP contribution in [-0.4, -0.2) is 25.3 Å². The Balaban J connectivity index is 2.03. The van der Waals surface area contributed by atoms with Gasteiger partial charge in [-0.25, -0.2) is 0 Å². The summed E-state index contributed by atoms with van der Waals surface area (Å²) in [7, 11) is 1.83. The molecule has 1 fully saturated rings. The van der Waals surface area contributed by atoms with Gasteiger partial charge in [-0.2, -0.15) is 0 Å². The van der Waals surface area contributed by atoms with E-state index in [2.05, 4.69) is 0 Å². The third-order valence-corrected chi connectivity index (χ3v) is 4.06. The zero-order valence-corrected chi connectivity index (χ0v) is 11.0. The van der Waals surface area contributed by atoms with Gasteiger partial charge in [0.15, 0.2) is 0 Å². The number of hydrogen-bond donors (Lipinski definition) is 1. The van der Waals surface area contributed by atoms with Gasteiger partial charge in [-0.3, -0.25) is 4.79 Å². The summed E-state index contributed by atoms with van der Waals surface area (Å²) in [5.41, 5.74) is 6.66. The molecule has 1 aromatic rings. The van der Waals surface area contributed by atoms with Crippen molar-refractivity contribution >= 4 is 23.4 Å². The smallest absolute Gasteiger partial charge is 0.229 e. The zero-order valence-electron chi connectivity index (χ0n) is 10.2. The van der Waals surface area contributed by atoms with E-state index in [9.17, 15) is 4.79 Å². The number of thioether (sulfide) groups is 1. The van der Waals surface area contributed by atoms with Gasteiger partial charge in [-0.15, -0.1) is 11.8 Å². The summed E-state index contributed by atoms with van der Waals surface area (Å²) in [6, 6.07) is 8.27. The van der Waals surface area contributed by atoms with Gasteiger partial charge in [-0.1, -0.05) is 0 Å². The van der Waals surface area contributed by atoms with Crippen LogP contribution in [0.5, 0.6) is 0 Å². The average Bonchev–Trinajstić information content (AvgIpc) is 2.33. The van der Waals surface area contributed by atoms with Crippen molar-refractivity contribution in [3.8, 4) is 0 Å². The zero-order chi connectivity index (χ0) is 12.4. The summed E-state index contributed by atoms with van der Waals surface area (Å²) < 4.78 is 0. The van der Waals surface area contributed by atoms with Crippen LogP contribution in [0.4, 0.5) is 5.69 Å². The number of nitrogens with two attached hydrogens (primary N) is 1. The Morgan fingerprint density at radius 1 is 1.35 bits per heavy atom. The second-order valence-corrected chi connectivity index (χ2v) is 5.40. The molecule has 0 bridgehead atoms. The number of carbonyl (C=O) groups excluding carboxylic acids is 1. The normalized spacial score (nSPS) is 23.0. The van der Waals surface area contributed by atoms with Gasteiger partial charge >= 0.3 is 0 Å². The van der Waals surface area contributed by atoms with Crippen molar-refractivity contribution in [2.24, 2.45) is 11.7 Å². The molecule has 0 atom stereocenters. The van der Waals surface area contributed by atoms with Gasteiger partial charge in [0.05, 0.1) is 0 Å². The average molecular weight is 250 g/mol. The first kappa shape index (κ1) is 12.5. The van der Waals surface area contributed by atoms with Crippen molar-refractivity contribution in [2.75, 3.05) is 18.2 Å². The lowest BCUT2D eigenvalue weighted by atomic mass is 9.80. The molecule has 17 heavy (non-hydrogen) atoms. The summed E-state index contributed by atoms with van der Waals surface area (Å²) in [5.74, 6) is 0.304. The van der Waals surface area contributed by atoms with Crippen molar-refractivity contribution < 1.29 is 4.79 Å². The molecule has 92 valence electrons. The maximum absolute atomic E-state index is 12.1. The van der Waals surface area contributed by atoms with Crippen LogP contribution in [-0.2, 0) is 4.79 Å². The van der Waals surface area contributed by atoms with Crippen molar-refractivity contribution in [1.82, 2.24) is 0 Å². The highest BCUT2D eigenvalue weighted by molar-refractivity contribution is 7.98. The summed E-state index contributed by atoms with van der Waals surface area (Å²) in [6.07, 6.45) is 3.69. The van der Waals surface area contributed by atoms with Gasteiger partial charge in [-0.05, 0) is 43.4 Å². The quantitative estimate of drug-likeness (QED) is 0.836. The molecule has 1 aliphatic rings. The first-order chi connectivity index (χ1) is 8.11. The van der Waals surface area contributed by atoms with Crippen molar-refractivity contribution in [3.05, 3.63) is 24.3 Å². The molecule has 1 aliphatic carbocycles. The molecule has 0 aliphatic heterocycles. The predicted molar refractivity (Wildman–Crippen MR) is 72.3 cm³/mol. The van der Waals surface area contributed by atoms with E-state index in [1.807, 2.05) is 37.6 Å². The summed E-state index contributed by atoms with van der Waals surface area (Å²) in [5, 5.41) is 0. The Labute approximate surface area is 106 Å². The molecule has 0 heterocycles. The highest BCUT2D eigenvalue weighted by atomic mass is 32.2. The highest BCUT2D eigenvalue weighted by Crippen LogP contribution is 2.29. The maximum atomic E-state index is 12.1. The van der Waals surface area contributed by atoms with Crippen molar-refractivity contribution in [1.29, 1.82) is 0 Å². The Hall–Kier alpha value is -1.00. The second-order valence-electron chi connectivity index (χ2n) is 4.52.